The molecule has 4 N–H and O–H groups in total. The third kappa shape index (κ3) is 27.4. The molecule has 24 heteroatoms. The van der Waals surface area contributed by atoms with Crippen molar-refractivity contribution in [1.82, 2.24) is 39.5 Å². The Balaban J connectivity index is 2.06. The van der Waals surface area contributed by atoms with Crippen molar-refractivity contribution in [1.29, 1.82) is 0 Å². The summed E-state index contributed by atoms with van der Waals surface area (Å²) in [4.78, 5) is 95.5. The van der Waals surface area contributed by atoms with Gasteiger partial charge in [0.15, 0.2) is 0 Å². The summed E-state index contributed by atoms with van der Waals surface area (Å²) in [5.41, 5.74) is 0. The molecule has 0 aromatic heterocycles. The molecule has 2 aliphatic heterocycles. The number of carboxylic acid groups (broad SMARTS) is 4. The molecule has 0 amide bonds. The van der Waals surface area contributed by atoms with Crippen LogP contribution in [0.3, 0.4) is 0 Å². The first-order chi connectivity index (χ1) is 29.8. The van der Waals surface area contributed by atoms with Gasteiger partial charge in [-0.2, -0.15) is 0 Å². The van der Waals surface area contributed by atoms with Gasteiger partial charge in [0, 0.05) is 132 Å². The molecule has 0 bridgehead atoms. The highest BCUT2D eigenvalue weighted by atomic mass is 16.7. The third-order valence-corrected chi connectivity index (χ3v) is 9.99. The van der Waals surface area contributed by atoms with Crippen LogP contribution in [-0.4, -0.2) is 294 Å². The molecule has 0 atom stereocenters. The summed E-state index contributed by atoms with van der Waals surface area (Å²) < 4.78 is 21.3. The molecule has 0 spiro atoms. The van der Waals surface area contributed by atoms with E-state index in [9.17, 15) is 49.2 Å². The van der Waals surface area contributed by atoms with Crippen molar-refractivity contribution in [2.75, 3.05) is 198 Å². The molecule has 2 heterocycles. The van der Waals surface area contributed by atoms with Gasteiger partial charge in [-0.3, -0.25) is 58.2 Å². The predicted octanol–water partition coefficient (Wildman–Crippen LogP) is -3.21. The molecule has 2 rings (SSSR count). The Morgan fingerprint density at radius 1 is 0.371 bits per heavy atom. The van der Waals surface area contributed by atoms with Crippen LogP contribution in [0, 0.1) is 0 Å². The molecular formula is C38H70N8O16. The van der Waals surface area contributed by atoms with E-state index in [0.29, 0.717) is 105 Å². The highest BCUT2D eigenvalue weighted by Crippen LogP contribution is 2.07. The lowest BCUT2D eigenvalue weighted by molar-refractivity contribution is -0.199. The van der Waals surface area contributed by atoms with Crippen LogP contribution in [0.5, 0.6) is 0 Å². The Hall–Kier alpha value is -3.66. The van der Waals surface area contributed by atoms with Crippen LogP contribution in [-0.2, 0) is 57.4 Å². The first kappa shape index (κ1) is 54.5. The first-order valence-corrected chi connectivity index (χ1v) is 21.0. The van der Waals surface area contributed by atoms with E-state index in [1.807, 2.05) is 0 Å². The summed E-state index contributed by atoms with van der Waals surface area (Å²) in [5.74, 6) is -5.61. The second kappa shape index (κ2) is 32.9. The lowest BCUT2D eigenvalue weighted by atomic mass is 10.3. The zero-order valence-electron chi connectivity index (χ0n) is 36.5. The first-order valence-electron chi connectivity index (χ1n) is 21.0. The zero-order valence-corrected chi connectivity index (χ0v) is 36.5. The van der Waals surface area contributed by atoms with Crippen LogP contribution >= 0.6 is 0 Å². The number of hydroxylamine groups is 4. The van der Waals surface area contributed by atoms with Gasteiger partial charge in [0.05, 0.1) is 78.7 Å². The normalized spacial score (nSPS) is 19.1. The number of carbonyl (C=O) groups excluding carboxylic acids is 2. The predicted molar refractivity (Wildman–Crippen MR) is 219 cm³/mol. The Bertz CT molecular complexity index is 1160. The van der Waals surface area contributed by atoms with E-state index in [2.05, 4.69) is 9.80 Å². The van der Waals surface area contributed by atoms with E-state index in [4.69, 9.17) is 28.6 Å². The van der Waals surface area contributed by atoms with E-state index in [0.717, 1.165) is 0 Å². The second-order valence-corrected chi connectivity index (χ2v) is 14.9. The van der Waals surface area contributed by atoms with Gasteiger partial charge in [-0.05, 0) is 0 Å². The average Bonchev–Trinajstić information content (AvgIpc) is 3.20. The van der Waals surface area contributed by atoms with E-state index >= 15 is 0 Å². The van der Waals surface area contributed by atoms with Crippen molar-refractivity contribution < 1.29 is 77.8 Å². The molecule has 2 saturated heterocycles. The number of rotatable bonds is 25. The fourth-order valence-electron chi connectivity index (χ4n) is 6.52. The number of carbonyl (C=O) groups is 6. The number of hydrogen-bond acceptors (Lipinski definition) is 20. The van der Waals surface area contributed by atoms with Crippen molar-refractivity contribution in [2.24, 2.45) is 0 Å². The van der Waals surface area contributed by atoms with Gasteiger partial charge in [-0.1, -0.05) is 0 Å². The maximum atomic E-state index is 13.1. The lowest BCUT2D eigenvalue weighted by Crippen LogP contribution is -2.48. The summed E-state index contributed by atoms with van der Waals surface area (Å²) in [6.07, 6.45) is -0.743. The smallest absolute Gasteiger partial charge is 0.325 e. The molecule has 0 aromatic carbocycles. The molecule has 2 fully saturated rings. The van der Waals surface area contributed by atoms with Crippen molar-refractivity contribution >= 4 is 35.8 Å². The number of nitrogens with zero attached hydrogens (tertiary/aromatic N) is 8. The van der Waals surface area contributed by atoms with Crippen LogP contribution in [0.4, 0.5) is 0 Å². The van der Waals surface area contributed by atoms with Gasteiger partial charge >= 0.3 is 35.8 Å². The standard InChI is InChI=1S/C38H70N8O16/c1-57-25-27-59-23-21-39-5-9-41(29-33(47)48)13-17-45(18-14-42(10-6-39)30-34(49)50)61-37(55)3-4-38(56)62-46-19-15-43(31-35(51)52)11-7-40(22-24-60-28-26-58-2)8-12-44(16-20-46)32-36(53)54/h3-32H2,1-2H3,(H,47,48)(H,49,50)(H,51,52)(H,53,54). The maximum absolute atomic E-state index is 13.1. The zero-order chi connectivity index (χ0) is 45.5. The summed E-state index contributed by atoms with van der Waals surface area (Å²) >= 11 is 0. The monoisotopic (exact) mass is 894 g/mol. The number of hydrogen-bond donors (Lipinski definition) is 4. The summed E-state index contributed by atoms with van der Waals surface area (Å²) in [7, 11) is 3.16. The van der Waals surface area contributed by atoms with Gasteiger partial charge in [0.1, 0.15) is 0 Å². The van der Waals surface area contributed by atoms with Crippen LogP contribution in [0.15, 0.2) is 0 Å². The van der Waals surface area contributed by atoms with Gasteiger partial charge in [-0.25, -0.2) is 0 Å². The highest BCUT2D eigenvalue weighted by Gasteiger charge is 2.24. The van der Waals surface area contributed by atoms with Gasteiger partial charge in [-0.15, -0.1) is 10.1 Å². The van der Waals surface area contributed by atoms with E-state index in [1.165, 1.54) is 10.1 Å². The Labute approximate surface area is 363 Å². The fraction of sp³-hybridized carbons (Fsp3) is 0.842. The van der Waals surface area contributed by atoms with Gasteiger partial charge < -0.3 is 49.0 Å². The Morgan fingerprint density at radius 3 is 0.887 bits per heavy atom. The quantitative estimate of drug-likeness (QED) is 0.0658. The van der Waals surface area contributed by atoms with Crippen molar-refractivity contribution in [3.8, 4) is 0 Å². The molecule has 0 aromatic rings. The van der Waals surface area contributed by atoms with Crippen molar-refractivity contribution in [3.63, 3.8) is 0 Å². The molecule has 62 heavy (non-hydrogen) atoms. The molecule has 24 nitrogen and oxygen atoms in total. The van der Waals surface area contributed by atoms with E-state index in [-0.39, 0.29) is 91.4 Å². The lowest BCUT2D eigenvalue weighted by Gasteiger charge is -2.33. The Morgan fingerprint density at radius 2 is 0.629 bits per heavy atom. The fourth-order valence-corrected chi connectivity index (χ4v) is 6.52. The third-order valence-electron chi connectivity index (χ3n) is 9.99. The van der Waals surface area contributed by atoms with Gasteiger partial charge in [0.2, 0.25) is 0 Å². The molecule has 2 aliphatic rings. The molecule has 0 radical (unpaired) electrons. The molecular weight excluding hydrogens is 824 g/mol. The van der Waals surface area contributed by atoms with Crippen LogP contribution < -0.4 is 0 Å². The molecule has 0 aliphatic carbocycles. The van der Waals surface area contributed by atoms with E-state index < -0.39 is 35.8 Å². The minimum Gasteiger partial charge on any atom is -0.480 e. The second-order valence-electron chi connectivity index (χ2n) is 14.9. The van der Waals surface area contributed by atoms with Crippen molar-refractivity contribution in [2.45, 2.75) is 12.8 Å². The van der Waals surface area contributed by atoms with Crippen LogP contribution in [0.2, 0.25) is 0 Å². The number of ether oxygens (including phenoxy) is 4. The minimum atomic E-state index is -1.02. The topological polar surface area (TPSA) is 265 Å². The molecule has 358 valence electrons. The molecule has 0 unspecified atom stereocenters. The maximum Gasteiger partial charge on any atom is 0.325 e. The summed E-state index contributed by atoms with van der Waals surface area (Å²) in [6, 6.07) is 0. The SMILES string of the molecule is COCCOCCN1CCN(CC(=O)O)CCN(OC(=O)CCC(=O)ON2CCN(CC(=O)O)CCN(CCOCCOC)CCN(CC(=O)O)CC2)CCN(CC(=O)O)CC1. The minimum absolute atomic E-state index is 0.109. The molecule has 0 saturated carbocycles. The van der Waals surface area contributed by atoms with Crippen molar-refractivity contribution in [3.05, 3.63) is 0 Å². The van der Waals surface area contributed by atoms with Crippen LogP contribution in [0.25, 0.3) is 0 Å². The number of methoxy groups -OCH3 is 2. The largest absolute Gasteiger partial charge is 0.480 e. The average molecular weight is 895 g/mol. The highest BCUT2D eigenvalue weighted by molar-refractivity contribution is 5.77. The van der Waals surface area contributed by atoms with Gasteiger partial charge in [0.25, 0.3) is 0 Å². The summed E-state index contributed by atoms with van der Waals surface area (Å²) in [6.45, 7) is 7.41. The number of carboxylic acids is 4. The summed E-state index contributed by atoms with van der Waals surface area (Å²) in [5, 5.41) is 41.0. The number of aliphatic carboxylic acids is 4. The van der Waals surface area contributed by atoms with E-state index in [1.54, 1.807) is 33.8 Å². The van der Waals surface area contributed by atoms with Crippen LogP contribution in [0.1, 0.15) is 12.8 Å². The Kier molecular flexibility index (Phi) is 28.9.